The minimum atomic E-state index is -1.25. The van der Waals surface area contributed by atoms with Crippen molar-refractivity contribution in [3.8, 4) is 5.69 Å². The van der Waals surface area contributed by atoms with Crippen LogP contribution in [0.3, 0.4) is 0 Å². The zero-order chi connectivity index (χ0) is 17.6. The normalized spacial score (nSPS) is 12.6. The van der Waals surface area contributed by atoms with Crippen molar-refractivity contribution in [2.24, 2.45) is 5.10 Å². The van der Waals surface area contributed by atoms with Gasteiger partial charge < -0.3 is 9.67 Å². The van der Waals surface area contributed by atoms with Gasteiger partial charge in [-0.25, -0.2) is 10.4 Å². The molecule has 0 fully saturated rings. The molecule has 6 nitrogen and oxygen atoms in total. The molecule has 0 radical (unpaired) electrons. The van der Waals surface area contributed by atoms with Crippen LogP contribution in [0.4, 0.5) is 0 Å². The zero-order valence-corrected chi connectivity index (χ0v) is 13.7. The van der Waals surface area contributed by atoms with Gasteiger partial charge in [0.15, 0.2) is 6.10 Å². The van der Waals surface area contributed by atoms with Crippen LogP contribution in [-0.4, -0.2) is 26.3 Å². The van der Waals surface area contributed by atoms with Crippen LogP contribution < -0.4 is 5.43 Å². The van der Waals surface area contributed by atoms with Gasteiger partial charge in [0.25, 0.3) is 5.91 Å². The van der Waals surface area contributed by atoms with Crippen molar-refractivity contribution in [1.29, 1.82) is 0 Å². The molecular formula is C19H18N4O2. The number of rotatable bonds is 5. The molecule has 0 aliphatic carbocycles. The van der Waals surface area contributed by atoms with Crippen LogP contribution in [0.1, 0.15) is 24.2 Å². The van der Waals surface area contributed by atoms with E-state index in [-0.39, 0.29) is 0 Å². The molecule has 0 saturated heterocycles. The van der Waals surface area contributed by atoms with Crippen LogP contribution in [0, 0.1) is 0 Å². The molecule has 1 unspecified atom stereocenters. The Morgan fingerprint density at radius 1 is 1.16 bits per heavy atom. The summed E-state index contributed by atoms with van der Waals surface area (Å²) in [6.07, 6.45) is 4.05. The van der Waals surface area contributed by atoms with Crippen molar-refractivity contribution < 1.29 is 9.90 Å². The summed E-state index contributed by atoms with van der Waals surface area (Å²) >= 11 is 0. The lowest BCUT2D eigenvalue weighted by Gasteiger charge is -2.10. The van der Waals surface area contributed by atoms with Gasteiger partial charge in [0, 0.05) is 18.1 Å². The number of aliphatic hydroxyl groups excluding tert-OH is 1. The summed E-state index contributed by atoms with van der Waals surface area (Å²) < 4.78 is 1.90. The molecule has 6 heteroatoms. The quantitative estimate of drug-likeness (QED) is 0.555. The highest BCUT2D eigenvalue weighted by Gasteiger charge is 2.16. The number of aromatic nitrogens is 2. The number of carbonyl (C=O) groups excluding carboxylic acids is 1. The first kappa shape index (κ1) is 16.6. The lowest BCUT2D eigenvalue weighted by atomic mass is 10.1. The topological polar surface area (TPSA) is 79.5 Å². The first-order chi connectivity index (χ1) is 12.1. The number of amides is 1. The molecule has 0 bridgehead atoms. The van der Waals surface area contributed by atoms with E-state index in [0.29, 0.717) is 11.3 Å². The standard InChI is InChI=1S/C19H18N4O2/c1-14(15-7-9-17(10-8-15)23-12-11-20-13-23)21-22-19(25)18(24)16-5-3-2-4-6-16/h2-13,18,24H,1H3,(H,22,25)/b21-14+. The first-order valence-corrected chi connectivity index (χ1v) is 7.81. The van der Waals surface area contributed by atoms with Crippen molar-refractivity contribution in [2.45, 2.75) is 13.0 Å². The Kier molecular flexibility index (Phi) is 5.01. The number of aliphatic hydroxyl groups is 1. The zero-order valence-electron chi connectivity index (χ0n) is 13.7. The Morgan fingerprint density at radius 2 is 1.88 bits per heavy atom. The number of nitrogens with one attached hydrogen (secondary N) is 1. The van der Waals surface area contributed by atoms with E-state index in [0.717, 1.165) is 11.3 Å². The van der Waals surface area contributed by atoms with E-state index >= 15 is 0 Å². The molecule has 25 heavy (non-hydrogen) atoms. The van der Waals surface area contributed by atoms with Crippen molar-refractivity contribution in [2.75, 3.05) is 0 Å². The Bertz CT molecular complexity index is 856. The largest absolute Gasteiger partial charge is 0.378 e. The lowest BCUT2D eigenvalue weighted by molar-refractivity contribution is -0.129. The van der Waals surface area contributed by atoms with Gasteiger partial charge in [-0.3, -0.25) is 4.79 Å². The number of carbonyl (C=O) groups is 1. The molecule has 1 atom stereocenters. The number of imidazole rings is 1. The van der Waals surface area contributed by atoms with Crippen molar-refractivity contribution in [3.05, 3.63) is 84.4 Å². The molecule has 2 N–H and O–H groups in total. The predicted octanol–water partition coefficient (Wildman–Crippen LogP) is 2.45. The number of hydrogen-bond acceptors (Lipinski definition) is 4. The van der Waals surface area contributed by atoms with E-state index in [1.807, 2.05) is 41.1 Å². The summed E-state index contributed by atoms with van der Waals surface area (Å²) in [4.78, 5) is 16.0. The van der Waals surface area contributed by atoms with Gasteiger partial charge in [0.1, 0.15) is 0 Å². The summed E-state index contributed by atoms with van der Waals surface area (Å²) in [6.45, 7) is 1.79. The Balaban J connectivity index is 1.66. The van der Waals surface area contributed by atoms with Crippen LogP contribution in [0.5, 0.6) is 0 Å². The Morgan fingerprint density at radius 3 is 2.52 bits per heavy atom. The third-order valence-corrected chi connectivity index (χ3v) is 3.79. The van der Waals surface area contributed by atoms with E-state index in [1.54, 1.807) is 43.7 Å². The number of benzene rings is 2. The van der Waals surface area contributed by atoms with Gasteiger partial charge >= 0.3 is 0 Å². The second kappa shape index (κ2) is 7.55. The van der Waals surface area contributed by atoms with Crippen LogP contribution in [-0.2, 0) is 4.79 Å². The molecule has 126 valence electrons. The maximum Gasteiger partial charge on any atom is 0.273 e. The van der Waals surface area contributed by atoms with Gasteiger partial charge in [0.05, 0.1) is 12.0 Å². The predicted molar refractivity (Wildman–Crippen MR) is 95.3 cm³/mol. The third kappa shape index (κ3) is 3.99. The molecular weight excluding hydrogens is 316 g/mol. The first-order valence-electron chi connectivity index (χ1n) is 7.81. The number of nitrogens with zero attached hydrogens (tertiary/aromatic N) is 3. The summed E-state index contributed by atoms with van der Waals surface area (Å²) in [6, 6.07) is 16.4. The molecule has 1 heterocycles. The fraction of sp³-hybridized carbons (Fsp3) is 0.105. The molecule has 2 aromatic carbocycles. The maximum absolute atomic E-state index is 12.0. The SMILES string of the molecule is C/C(=N\NC(=O)C(O)c1ccccc1)c1ccc(-n2ccnc2)cc1. The van der Waals surface area contributed by atoms with Crippen molar-refractivity contribution >= 4 is 11.6 Å². The fourth-order valence-corrected chi connectivity index (χ4v) is 2.34. The van der Waals surface area contributed by atoms with E-state index in [9.17, 15) is 9.90 Å². The molecule has 0 spiro atoms. The van der Waals surface area contributed by atoms with Crippen LogP contribution in [0.2, 0.25) is 0 Å². The highest BCUT2D eigenvalue weighted by molar-refractivity contribution is 5.99. The highest BCUT2D eigenvalue weighted by Crippen LogP contribution is 2.12. The third-order valence-electron chi connectivity index (χ3n) is 3.79. The molecule has 0 aliphatic rings. The fourth-order valence-electron chi connectivity index (χ4n) is 2.34. The Hall–Kier alpha value is -3.25. The minimum absolute atomic E-state index is 0.525. The second-order valence-electron chi connectivity index (χ2n) is 5.50. The average molecular weight is 334 g/mol. The molecule has 1 aromatic heterocycles. The summed E-state index contributed by atoms with van der Waals surface area (Å²) in [7, 11) is 0. The molecule has 0 aliphatic heterocycles. The van der Waals surface area contributed by atoms with E-state index in [2.05, 4.69) is 15.5 Å². The molecule has 0 saturated carbocycles. The minimum Gasteiger partial charge on any atom is -0.378 e. The molecule has 3 aromatic rings. The average Bonchev–Trinajstić information content (AvgIpc) is 3.21. The van der Waals surface area contributed by atoms with E-state index in [1.165, 1.54) is 0 Å². The number of hydrogen-bond donors (Lipinski definition) is 2. The monoisotopic (exact) mass is 334 g/mol. The van der Waals surface area contributed by atoms with E-state index in [4.69, 9.17) is 0 Å². The van der Waals surface area contributed by atoms with Gasteiger partial charge in [-0.15, -0.1) is 0 Å². The smallest absolute Gasteiger partial charge is 0.273 e. The molecule has 3 rings (SSSR count). The summed E-state index contributed by atoms with van der Waals surface area (Å²) in [5.41, 5.74) is 5.43. The van der Waals surface area contributed by atoms with Crippen molar-refractivity contribution in [1.82, 2.24) is 15.0 Å². The van der Waals surface area contributed by atoms with Crippen LogP contribution in [0.25, 0.3) is 5.69 Å². The van der Waals surface area contributed by atoms with Crippen LogP contribution >= 0.6 is 0 Å². The van der Waals surface area contributed by atoms with Crippen LogP contribution in [0.15, 0.2) is 78.4 Å². The number of hydrazone groups is 1. The van der Waals surface area contributed by atoms with Gasteiger partial charge in [-0.05, 0) is 30.2 Å². The highest BCUT2D eigenvalue weighted by atomic mass is 16.3. The lowest BCUT2D eigenvalue weighted by Crippen LogP contribution is -2.26. The van der Waals surface area contributed by atoms with E-state index < -0.39 is 12.0 Å². The maximum atomic E-state index is 12.0. The molecule has 1 amide bonds. The van der Waals surface area contributed by atoms with Gasteiger partial charge in [-0.1, -0.05) is 42.5 Å². The Labute approximate surface area is 145 Å². The van der Waals surface area contributed by atoms with Gasteiger partial charge in [0.2, 0.25) is 0 Å². The van der Waals surface area contributed by atoms with Gasteiger partial charge in [-0.2, -0.15) is 5.10 Å². The summed E-state index contributed by atoms with van der Waals surface area (Å²) in [5.74, 6) is -0.569. The summed E-state index contributed by atoms with van der Waals surface area (Å²) in [5, 5.41) is 14.1. The van der Waals surface area contributed by atoms with Crippen molar-refractivity contribution in [3.63, 3.8) is 0 Å². The second-order valence-corrected chi connectivity index (χ2v) is 5.50.